The lowest BCUT2D eigenvalue weighted by Crippen LogP contribution is -2.61. The second-order valence-corrected chi connectivity index (χ2v) is 27.9. The van der Waals surface area contributed by atoms with Crippen molar-refractivity contribution in [3.05, 3.63) is 215 Å². The largest absolute Gasteiger partial charge is 0.480 e. The fourth-order valence-electron chi connectivity index (χ4n) is 11.5. The Morgan fingerprint density at radius 2 is 0.538 bits per heavy atom. The maximum atomic E-state index is 15.2. The number of aliphatic hydroxyl groups excluding tert-OH is 2. The monoisotopic (exact) mass is 1650 g/mol. The molecule has 0 bridgehead atoms. The van der Waals surface area contributed by atoms with Gasteiger partial charge in [0, 0.05) is 32.6 Å². The van der Waals surface area contributed by atoms with Crippen molar-refractivity contribution in [3.8, 4) is 0 Å². The Kier molecular flexibility index (Phi) is 41.1. The van der Waals surface area contributed by atoms with E-state index < -0.39 is 188 Å². The highest BCUT2D eigenvalue weighted by molar-refractivity contribution is 5.98. The van der Waals surface area contributed by atoms with Gasteiger partial charge in [0.15, 0.2) is 6.04 Å². The molecule has 0 aliphatic carbocycles. The minimum absolute atomic E-state index is 0.136. The lowest BCUT2D eigenvalue weighted by molar-refractivity contribution is -0.145. The first-order valence-corrected chi connectivity index (χ1v) is 38.7. The van der Waals surface area contributed by atoms with Crippen LogP contribution in [-0.2, 0) is 106 Å². The second kappa shape index (κ2) is 51.7. The molecule has 0 saturated heterocycles. The fraction of sp³-hybridized carbons (Fsp3) is 0.398. The van der Waals surface area contributed by atoms with E-state index in [0.29, 0.717) is 33.4 Å². The highest BCUT2D eigenvalue weighted by Gasteiger charge is 2.37. The highest BCUT2D eigenvalue weighted by atomic mass is 16.6. The SMILES string of the molecule is CC(C)C[C@H](NC(=O)[C@@H](Cc1ccccc1)NC(=O)[C@H](CCNC(=O)OCc1ccccc1)NC(=O)[C@H](CCN)NC(=O)[C@H](CCNC(=O)OCc1ccccc1)NC(=O)[C@@H](NC(=O)OCc1ccccc1)[C@@H](C)O)C(=O)N[C@@H](CCNC(=O)OCc1ccccc1)C(=O)N[C@@H](CCNC(=O)OCc1ccccc1)C(=O)N[C@H](C(=O)O)[C@@H](C)O. The number of aliphatic carboxylic acids is 1. The number of hydrogen-bond acceptors (Lipinski definition) is 22. The lowest BCUT2D eigenvalue weighted by Gasteiger charge is -2.29. The molecule has 0 radical (unpaired) electrons. The molecule has 6 aromatic carbocycles. The van der Waals surface area contributed by atoms with Gasteiger partial charge in [0.1, 0.15) is 81.4 Å². The molecule has 13 amide bonds. The molecule has 0 saturated carbocycles. The summed E-state index contributed by atoms with van der Waals surface area (Å²) in [7, 11) is 0. The van der Waals surface area contributed by atoms with Gasteiger partial charge in [0.05, 0.1) is 12.2 Å². The maximum Gasteiger partial charge on any atom is 0.408 e. The standard InChI is InChI=1S/C83H106N14O22/c1-52(2)45-66(75(105)92-62(36-41-85-79(110)115-47-56-25-13-6-14-26-56)71(101)91-65(74(104)96-69(54(4)99)78(108)109)39-44-88-82(113)118-50-59-31-19-9-20-32-59)94-76(106)67(46-55-23-11-5-12-24-55)95-73(103)63(37-42-86-80(111)116-48-57-27-15-7-16-28-57)90-70(100)61(35-40-84)89-72(102)64(38-43-87-81(112)117-49-58-29-17-8-18-30-58)93-77(107)68(53(3)98)97-83(114)119-51-60-33-21-10-22-34-60/h5-34,52-54,61-69,98-99H,35-51,84H2,1-4H3,(H,85,110)(H,86,111)(H,87,112)(H,88,113)(H,89,102)(H,90,100)(H,91,101)(H,92,105)(H,93,107)(H,94,106)(H,95,103)(H,96,104)(H,97,114)(H,108,109)/t53-,54-,61+,62+,63+,64+,65+,66+,67-,68+,69+/m1/s1. The van der Waals surface area contributed by atoms with E-state index in [1.165, 1.54) is 6.92 Å². The van der Waals surface area contributed by atoms with E-state index in [0.717, 1.165) is 6.92 Å². The number of hydrogen-bond donors (Lipinski definition) is 17. The molecular weight excluding hydrogens is 1540 g/mol. The smallest absolute Gasteiger partial charge is 0.408 e. The number of carboxylic acids is 1. The molecule has 36 nitrogen and oxygen atoms in total. The summed E-state index contributed by atoms with van der Waals surface area (Å²) >= 11 is 0. The van der Waals surface area contributed by atoms with Gasteiger partial charge in [0.2, 0.25) is 47.3 Å². The molecule has 11 atom stereocenters. The molecule has 0 spiro atoms. The Bertz CT molecular complexity index is 4220. The quantitative estimate of drug-likeness (QED) is 0.0244. The Hall–Kier alpha value is -13.2. The van der Waals surface area contributed by atoms with Crippen LogP contribution in [0.3, 0.4) is 0 Å². The van der Waals surface area contributed by atoms with Gasteiger partial charge in [0.25, 0.3) is 0 Å². The summed E-state index contributed by atoms with van der Waals surface area (Å²) in [6.07, 6.45) is -10.6. The number of carbonyl (C=O) groups is 14. The minimum atomic E-state index is -1.90. The van der Waals surface area contributed by atoms with Crippen LogP contribution in [0.5, 0.6) is 0 Å². The van der Waals surface area contributed by atoms with E-state index in [1.807, 2.05) is 0 Å². The van der Waals surface area contributed by atoms with E-state index in [-0.39, 0.29) is 78.5 Å². The van der Waals surface area contributed by atoms with Gasteiger partial charge < -0.3 is 114 Å². The molecule has 0 heterocycles. The summed E-state index contributed by atoms with van der Waals surface area (Å²) in [5, 5.41) is 63.6. The van der Waals surface area contributed by atoms with Crippen molar-refractivity contribution >= 4 is 83.7 Å². The Balaban J connectivity index is 1.28. The van der Waals surface area contributed by atoms with Crippen LogP contribution in [0.4, 0.5) is 24.0 Å². The first-order valence-electron chi connectivity index (χ1n) is 38.7. The average Bonchev–Trinajstić information content (AvgIpc) is 0.856. The van der Waals surface area contributed by atoms with Gasteiger partial charge in [-0.3, -0.25) is 38.4 Å². The van der Waals surface area contributed by atoms with Crippen molar-refractivity contribution in [1.29, 1.82) is 0 Å². The number of rotatable bonds is 48. The van der Waals surface area contributed by atoms with Crippen molar-refractivity contribution < 1.29 is 106 Å². The molecule has 0 aliphatic heterocycles. The van der Waals surface area contributed by atoms with E-state index >= 15 is 9.59 Å². The molecule has 18 N–H and O–H groups in total. The molecule has 119 heavy (non-hydrogen) atoms. The minimum Gasteiger partial charge on any atom is -0.480 e. The van der Waals surface area contributed by atoms with Crippen molar-refractivity contribution in [2.45, 2.75) is 172 Å². The summed E-state index contributed by atoms with van der Waals surface area (Å²) in [5.74, 6) is -10.7. The van der Waals surface area contributed by atoms with Gasteiger partial charge in [-0.1, -0.05) is 196 Å². The Labute approximate surface area is 688 Å². The number of benzene rings is 6. The molecule has 0 unspecified atom stereocenters. The molecular formula is C83H106N14O22. The second-order valence-electron chi connectivity index (χ2n) is 27.9. The summed E-state index contributed by atoms with van der Waals surface area (Å²) in [5.41, 5.74) is 9.68. The number of amides is 13. The van der Waals surface area contributed by atoms with Crippen LogP contribution >= 0.6 is 0 Å². The van der Waals surface area contributed by atoms with E-state index in [1.54, 1.807) is 196 Å². The molecule has 6 rings (SSSR count). The first-order chi connectivity index (χ1) is 57.1. The van der Waals surface area contributed by atoms with Crippen molar-refractivity contribution in [2.24, 2.45) is 11.7 Å². The van der Waals surface area contributed by atoms with Gasteiger partial charge in [-0.05, 0) is 98.2 Å². The Morgan fingerprint density at radius 3 is 0.824 bits per heavy atom. The van der Waals surface area contributed by atoms with Crippen LogP contribution in [0.15, 0.2) is 182 Å². The number of nitrogens with one attached hydrogen (secondary N) is 13. The van der Waals surface area contributed by atoms with E-state index in [2.05, 4.69) is 69.1 Å². The lowest BCUT2D eigenvalue weighted by atomic mass is 10.00. The summed E-state index contributed by atoms with van der Waals surface area (Å²) in [6.45, 7) is 3.06. The van der Waals surface area contributed by atoms with Gasteiger partial charge in [-0.25, -0.2) is 28.8 Å². The predicted octanol–water partition coefficient (Wildman–Crippen LogP) is 2.91. The molecule has 640 valence electrons. The zero-order valence-electron chi connectivity index (χ0n) is 66.4. The number of carbonyl (C=O) groups excluding carboxylic acids is 13. The molecule has 0 aromatic heterocycles. The third-order valence-corrected chi connectivity index (χ3v) is 17.8. The summed E-state index contributed by atoms with van der Waals surface area (Å²) in [4.78, 5) is 195. The normalized spacial score (nSPS) is 13.6. The van der Waals surface area contributed by atoms with Crippen LogP contribution < -0.4 is 74.9 Å². The van der Waals surface area contributed by atoms with Crippen molar-refractivity contribution in [1.82, 2.24) is 69.1 Å². The average molecular weight is 1650 g/mol. The van der Waals surface area contributed by atoms with Crippen molar-refractivity contribution in [3.63, 3.8) is 0 Å². The third kappa shape index (κ3) is 36.2. The van der Waals surface area contributed by atoms with Gasteiger partial charge in [-0.2, -0.15) is 0 Å². The van der Waals surface area contributed by atoms with Gasteiger partial charge >= 0.3 is 36.4 Å². The first kappa shape index (κ1) is 94.6. The van der Waals surface area contributed by atoms with Crippen molar-refractivity contribution in [2.75, 3.05) is 32.7 Å². The number of aliphatic hydroxyl groups is 2. The van der Waals surface area contributed by atoms with Crippen LogP contribution in [-0.4, -0.2) is 198 Å². The number of carboxylic acid groups (broad SMARTS) is 1. The molecule has 6 aromatic rings. The zero-order valence-corrected chi connectivity index (χ0v) is 66.4. The molecule has 0 aliphatic rings. The van der Waals surface area contributed by atoms with Crippen LogP contribution in [0.25, 0.3) is 0 Å². The van der Waals surface area contributed by atoms with E-state index in [4.69, 9.17) is 29.4 Å². The van der Waals surface area contributed by atoms with E-state index in [9.17, 15) is 72.9 Å². The zero-order chi connectivity index (χ0) is 86.4. The predicted molar refractivity (Wildman–Crippen MR) is 430 cm³/mol. The molecule has 0 fully saturated rings. The number of ether oxygens (including phenoxy) is 5. The summed E-state index contributed by atoms with van der Waals surface area (Å²) in [6, 6.07) is 36.0. The summed E-state index contributed by atoms with van der Waals surface area (Å²) < 4.78 is 26.7. The maximum absolute atomic E-state index is 15.2. The van der Waals surface area contributed by atoms with Crippen LogP contribution in [0.2, 0.25) is 0 Å². The van der Waals surface area contributed by atoms with Crippen LogP contribution in [0.1, 0.15) is 99.6 Å². The Morgan fingerprint density at radius 1 is 0.294 bits per heavy atom. The number of nitrogens with two attached hydrogens (primary N) is 1. The third-order valence-electron chi connectivity index (χ3n) is 17.8. The number of alkyl carbamates (subject to hydrolysis) is 5. The molecule has 36 heteroatoms. The van der Waals surface area contributed by atoms with Gasteiger partial charge in [-0.15, -0.1) is 0 Å². The van der Waals surface area contributed by atoms with Crippen LogP contribution in [0, 0.1) is 5.92 Å². The highest BCUT2D eigenvalue weighted by Crippen LogP contribution is 2.14. The topological polar surface area (TPSA) is 528 Å². The fourth-order valence-corrected chi connectivity index (χ4v) is 11.5.